The van der Waals surface area contributed by atoms with Crippen LogP contribution < -0.4 is 0 Å². The number of carbonyl (C=O) groups excluding carboxylic acids is 1. The van der Waals surface area contributed by atoms with Crippen LogP contribution in [0.15, 0.2) is 0 Å². The Hall–Kier alpha value is -0.180. The first-order chi connectivity index (χ1) is 5.81. The standard InChI is InChI=1S/C9H18O2S/c1-2-3-4-5-6-7-9(10)11-8-12/h12H,2-8H2,1H3. The molecule has 0 rings (SSSR count). The number of carbonyl (C=O) groups is 1. The summed E-state index contributed by atoms with van der Waals surface area (Å²) < 4.78 is 4.67. The summed E-state index contributed by atoms with van der Waals surface area (Å²) in [5, 5.41) is 0. The molecule has 0 spiro atoms. The van der Waals surface area contributed by atoms with Crippen molar-refractivity contribution < 1.29 is 9.53 Å². The Balaban J connectivity index is 3.03. The van der Waals surface area contributed by atoms with Crippen LogP contribution in [0.25, 0.3) is 0 Å². The Labute approximate surface area is 80.1 Å². The minimum Gasteiger partial charge on any atom is -0.455 e. The number of rotatable bonds is 7. The van der Waals surface area contributed by atoms with Crippen molar-refractivity contribution >= 4 is 18.6 Å². The van der Waals surface area contributed by atoms with E-state index in [9.17, 15) is 4.79 Å². The average molecular weight is 190 g/mol. The van der Waals surface area contributed by atoms with Crippen molar-refractivity contribution in [3.63, 3.8) is 0 Å². The molecule has 0 aromatic heterocycles. The van der Waals surface area contributed by atoms with Gasteiger partial charge in [-0.25, -0.2) is 0 Å². The van der Waals surface area contributed by atoms with E-state index in [4.69, 9.17) is 0 Å². The molecule has 0 saturated heterocycles. The minimum absolute atomic E-state index is 0.124. The van der Waals surface area contributed by atoms with E-state index in [-0.39, 0.29) is 11.9 Å². The molecule has 2 nitrogen and oxygen atoms in total. The fourth-order valence-electron chi connectivity index (χ4n) is 1.02. The lowest BCUT2D eigenvalue weighted by molar-refractivity contribution is -0.141. The van der Waals surface area contributed by atoms with Crippen LogP contribution in [0.4, 0.5) is 0 Å². The Kier molecular flexibility index (Phi) is 8.78. The van der Waals surface area contributed by atoms with E-state index in [1.54, 1.807) is 0 Å². The number of thiol groups is 1. The largest absolute Gasteiger partial charge is 0.455 e. The minimum atomic E-state index is -0.124. The van der Waals surface area contributed by atoms with Gasteiger partial charge in [-0.2, -0.15) is 0 Å². The maximum absolute atomic E-state index is 10.8. The Morgan fingerprint density at radius 2 is 1.92 bits per heavy atom. The molecular formula is C9H18O2S. The highest BCUT2D eigenvalue weighted by atomic mass is 32.1. The molecule has 0 aromatic carbocycles. The second kappa shape index (κ2) is 8.91. The van der Waals surface area contributed by atoms with E-state index < -0.39 is 0 Å². The first-order valence-electron chi connectivity index (χ1n) is 4.57. The lowest BCUT2D eigenvalue weighted by atomic mass is 10.1. The van der Waals surface area contributed by atoms with Gasteiger partial charge in [-0.1, -0.05) is 32.6 Å². The molecular weight excluding hydrogens is 172 g/mol. The summed E-state index contributed by atoms with van der Waals surface area (Å²) in [4.78, 5) is 10.8. The molecule has 72 valence electrons. The molecule has 0 bridgehead atoms. The molecule has 0 heterocycles. The quantitative estimate of drug-likeness (QED) is 0.289. The van der Waals surface area contributed by atoms with Crippen LogP contribution >= 0.6 is 12.6 Å². The Morgan fingerprint density at radius 1 is 1.25 bits per heavy atom. The van der Waals surface area contributed by atoms with Gasteiger partial charge in [0.15, 0.2) is 0 Å². The predicted octanol–water partition coefficient (Wildman–Crippen LogP) is 2.78. The van der Waals surface area contributed by atoms with Crippen molar-refractivity contribution in [1.82, 2.24) is 0 Å². The monoisotopic (exact) mass is 190 g/mol. The molecule has 0 amide bonds. The van der Waals surface area contributed by atoms with Gasteiger partial charge in [-0.3, -0.25) is 4.79 Å². The zero-order valence-electron chi connectivity index (χ0n) is 7.71. The third-order valence-electron chi connectivity index (χ3n) is 1.71. The molecule has 0 atom stereocenters. The van der Waals surface area contributed by atoms with E-state index in [0.29, 0.717) is 6.42 Å². The number of hydrogen-bond acceptors (Lipinski definition) is 3. The van der Waals surface area contributed by atoms with Gasteiger partial charge in [-0.15, -0.1) is 12.6 Å². The van der Waals surface area contributed by atoms with Crippen molar-refractivity contribution in [3.8, 4) is 0 Å². The van der Waals surface area contributed by atoms with Crippen molar-refractivity contribution in [2.75, 3.05) is 5.94 Å². The molecule has 0 aromatic rings. The van der Waals surface area contributed by atoms with Gasteiger partial charge in [0.05, 0.1) is 0 Å². The van der Waals surface area contributed by atoms with Crippen LogP contribution in [0.2, 0.25) is 0 Å². The molecule has 0 unspecified atom stereocenters. The molecule has 0 N–H and O–H groups in total. The molecule has 0 radical (unpaired) electrons. The molecule has 0 aliphatic carbocycles. The van der Waals surface area contributed by atoms with Crippen molar-refractivity contribution in [3.05, 3.63) is 0 Å². The number of ether oxygens (including phenoxy) is 1. The average Bonchev–Trinajstić information content (AvgIpc) is 2.05. The Bertz CT molecular complexity index is 115. The maximum Gasteiger partial charge on any atom is 0.306 e. The first kappa shape index (κ1) is 11.8. The summed E-state index contributed by atoms with van der Waals surface area (Å²) in [6.07, 6.45) is 6.36. The summed E-state index contributed by atoms with van der Waals surface area (Å²) in [5.74, 6) is 0.0786. The zero-order chi connectivity index (χ0) is 9.23. The number of unbranched alkanes of at least 4 members (excludes halogenated alkanes) is 4. The predicted molar refractivity (Wildman–Crippen MR) is 53.3 cm³/mol. The number of esters is 1. The third-order valence-corrected chi connectivity index (χ3v) is 1.84. The van der Waals surface area contributed by atoms with Gasteiger partial charge in [-0.05, 0) is 6.42 Å². The van der Waals surface area contributed by atoms with Crippen molar-refractivity contribution in [1.29, 1.82) is 0 Å². The van der Waals surface area contributed by atoms with Crippen LogP contribution in [-0.2, 0) is 9.53 Å². The van der Waals surface area contributed by atoms with Gasteiger partial charge in [0.1, 0.15) is 5.94 Å². The van der Waals surface area contributed by atoms with Gasteiger partial charge >= 0.3 is 5.97 Å². The fourth-order valence-corrected chi connectivity index (χ4v) is 1.16. The summed E-state index contributed by atoms with van der Waals surface area (Å²) in [6.45, 7) is 2.18. The van der Waals surface area contributed by atoms with Crippen LogP contribution in [0.5, 0.6) is 0 Å². The van der Waals surface area contributed by atoms with Crippen molar-refractivity contribution in [2.45, 2.75) is 45.4 Å². The SMILES string of the molecule is CCCCCCCC(=O)OCS. The van der Waals surface area contributed by atoms with Gasteiger partial charge in [0.2, 0.25) is 0 Å². The zero-order valence-corrected chi connectivity index (χ0v) is 8.61. The smallest absolute Gasteiger partial charge is 0.306 e. The highest BCUT2D eigenvalue weighted by molar-refractivity contribution is 7.80. The lowest BCUT2D eigenvalue weighted by Crippen LogP contribution is -2.02. The van der Waals surface area contributed by atoms with Crippen LogP contribution in [0, 0.1) is 0 Å². The van der Waals surface area contributed by atoms with E-state index in [1.165, 1.54) is 19.3 Å². The molecule has 0 fully saturated rings. The van der Waals surface area contributed by atoms with Crippen molar-refractivity contribution in [2.24, 2.45) is 0 Å². The lowest BCUT2D eigenvalue weighted by Gasteiger charge is -2.00. The van der Waals surface area contributed by atoms with E-state index in [1.807, 2.05) is 0 Å². The first-order valence-corrected chi connectivity index (χ1v) is 5.21. The molecule has 0 aliphatic heterocycles. The normalized spacial score (nSPS) is 9.83. The second-order valence-electron chi connectivity index (χ2n) is 2.81. The topological polar surface area (TPSA) is 26.3 Å². The fraction of sp³-hybridized carbons (Fsp3) is 0.889. The van der Waals surface area contributed by atoms with Gasteiger partial charge in [0.25, 0.3) is 0 Å². The second-order valence-corrected chi connectivity index (χ2v) is 3.07. The van der Waals surface area contributed by atoms with E-state index >= 15 is 0 Å². The molecule has 12 heavy (non-hydrogen) atoms. The summed E-state index contributed by atoms with van der Waals surface area (Å²) in [6, 6.07) is 0. The summed E-state index contributed by atoms with van der Waals surface area (Å²) >= 11 is 3.80. The van der Waals surface area contributed by atoms with E-state index in [2.05, 4.69) is 24.3 Å². The van der Waals surface area contributed by atoms with Crippen LogP contribution in [0.1, 0.15) is 45.4 Å². The molecule has 0 saturated carbocycles. The highest BCUT2D eigenvalue weighted by Gasteiger charge is 1.99. The summed E-state index contributed by atoms with van der Waals surface area (Å²) in [7, 11) is 0. The molecule has 0 aliphatic rings. The molecule has 3 heteroatoms. The third kappa shape index (κ3) is 7.92. The van der Waals surface area contributed by atoms with Gasteiger partial charge < -0.3 is 4.74 Å². The van der Waals surface area contributed by atoms with Crippen LogP contribution in [-0.4, -0.2) is 11.9 Å². The van der Waals surface area contributed by atoms with E-state index in [0.717, 1.165) is 12.8 Å². The summed E-state index contributed by atoms with van der Waals surface area (Å²) in [5.41, 5.74) is 0. The van der Waals surface area contributed by atoms with Crippen LogP contribution in [0.3, 0.4) is 0 Å². The highest BCUT2D eigenvalue weighted by Crippen LogP contribution is 2.05. The Morgan fingerprint density at radius 3 is 2.50 bits per heavy atom. The van der Waals surface area contributed by atoms with Gasteiger partial charge in [0, 0.05) is 6.42 Å². The number of hydrogen-bond donors (Lipinski definition) is 1. The maximum atomic E-state index is 10.8.